The number of likely N-dealkylation sites (tertiary alicyclic amines) is 1. The van der Waals surface area contributed by atoms with Crippen molar-refractivity contribution >= 4 is 28.2 Å². The third-order valence-corrected chi connectivity index (χ3v) is 7.72. The maximum absolute atomic E-state index is 13.2. The zero-order valence-electron chi connectivity index (χ0n) is 20.5. The highest BCUT2D eigenvalue weighted by atomic mass is 32.1. The molecule has 0 bridgehead atoms. The van der Waals surface area contributed by atoms with Crippen molar-refractivity contribution in [1.29, 1.82) is 0 Å². The van der Waals surface area contributed by atoms with Crippen LogP contribution in [0.15, 0.2) is 12.3 Å². The Labute approximate surface area is 202 Å². The number of nitrogens with one attached hydrogen (secondary N) is 1. The van der Waals surface area contributed by atoms with Gasteiger partial charge < -0.3 is 10.2 Å². The second kappa shape index (κ2) is 10.9. The van der Waals surface area contributed by atoms with Crippen LogP contribution >= 0.6 is 11.3 Å². The van der Waals surface area contributed by atoms with Crippen LogP contribution in [0.5, 0.6) is 0 Å². The van der Waals surface area contributed by atoms with Gasteiger partial charge in [0.2, 0.25) is 5.91 Å². The Kier molecular flexibility index (Phi) is 7.96. The highest BCUT2D eigenvalue weighted by Gasteiger charge is 2.30. The van der Waals surface area contributed by atoms with Crippen LogP contribution in [0, 0.1) is 13.8 Å². The standard InChI is InChI=1S/C25H38N6OS/c1-17(2)31(21-8-6-5-7-9-21)24(32)16-30-12-10-20(11-13-30)22-14-23(28-19(4)27-22)29-25-26-15-18(3)33-25/h14-15,17,20-21H,5-13,16H2,1-4H3,(H,26,27,28,29). The lowest BCUT2D eigenvalue weighted by molar-refractivity contribution is -0.137. The zero-order chi connectivity index (χ0) is 23.4. The number of hydrogen-bond acceptors (Lipinski definition) is 7. The van der Waals surface area contributed by atoms with Crippen LogP contribution in [-0.2, 0) is 4.79 Å². The Hall–Kier alpha value is -2.06. The number of thiazole rings is 1. The van der Waals surface area contributed by atoms with Gasteiger partial charge in [-0.25, -0.2) is 15.0 Å². The summed E-state index contributed by atoms with van der Waals surface area (Å²) in [6.45, 7) is 10.7. The maximum atomic E-state index is 13.2. The minimum Gasteiger partial charge on any atom is -0.336 e. The van der Waals surface area contributed by atoms with E-state index in [1.54, 1.807) is 11.3 Å². The molecule has 0 atom stereocenters. The van der Waals surface area contributed by atoms with E-state index < -0.39 is 0 Å². The molecule has 0 radical (unpaired) electrons. The lowest BCUT2D eigenvalue weighted by Gasteiger charge is -2.39. The van der Waals surface area contributed by atoms with Crippen LogP contribution in [0.3, 0.4) is 0 Å². The summed E-state index contributed by atoms with van der Waals surface area (Å²) in [5.41, 5.74) is 1.09. The molecule has 3 heterocycles. The van der Waals surface area contributed by atoms with E-state index in [4.69, 9.17) is 4.98 Å². The van der Waals surface area contributed by atoms with E-state index in [0.29, 0.717) is 24.4 Å². The number of amides is 1. The summed E-state index contributed by atoms with van der Waals surface area (Å²) in [6.07, 6.45) is 10.1. The van der Waals surface area contributed by atoms with Gasteiger partial charge in [0.15, 0.2) is 5.13 Å². The Morgan fingerprint density at radius 2 is 1.88 bits per heavy atom. The van der Waals surface area contributed by atoms with Crippen LogP contribution in [0.1, 0.15) is 81.1 Å². The maximum Gasteiger partial charge on any atom is 0.237 e. The number of hydrogen-bond donors (Lipinski definition) is 1. The van der Waals surface area contributed by atoms with Crippen molar-refractivity contribution in [3.8, 4) is 0 Å². The molecule has 8 heteroatoms. The monoisotopic (exact) mass is 470 g/mol. The van der Waals surface area contributed by atoms with Crippen molar-refractivity contribution < 1.29 is 4.79 Å². The van der Waals surface area contributed by atoms with Crippen LogP contribution in [0.25, 0.3) is 0 Å². The SMILES string of the molecule is Cc1nc(Nc2ncc(C)s2)cc(C2CCN(CC(=O)N(C(C)C)C3CCCCC3)CC2)n1. The van der Waals surface area contributed by atoms with Crippen molar-refractivity contribution in [3.63, 3.8) is 0 Å². The molecular formula is C25H38N6OS. The summed E-state index contributed by atoms with van der Waals surface area (Å²) >= 11 is 1.62. The molecule has 1 saturated heterocycles. The van der Waals surface area contributed by atoms with Crippen molar-refractivity contribution in [2.24, 2.45) is 0 Å². The fourth-order valence-corrected chi connectivity index (χ4v) is 5.99. The fraction of sp³-hybridized carbons (Fsp3) is 0.680. The van der Waals surface area contributed by atoms with E-state index >= 15 is 0 Å². The zero-order valence-corrected chi connectivity index (χ0v) is 21.3. The molecule has 1 aliphatic carbocycles. The lowest BCUT2D eigenvalue weighted by Crippen LogP contribution is -2.50. The highest BCUT2D eigenvalue weighted by molar-refractivity contribution is 7.15. The summed E-state index contributed by atoms with van der Waals surface area (Å²) in [5.74, 6) is 2.29. The van der Waals surface area contributed by atoms with E-state index in [9.17, 15) is 4.79 Å². The van der Waals surface area contributed by atoms with Gasteiger partial charge in [-0.15, -0.1) is 11.3 Å². The molecule has 2 aliphatic rings. The number of rotatable bonds is 7. The number of aryl methyl sites for hydroxylation is 2. The molecule has 0 aromatic carbocycles. The van der Waals surface area contributed by atoms with E-state index in [-0.39, 0.29) is 6.04 Å². The summed E-state index contributed by atoms with van der Waals surface area (Å²) in [4.78, 5) is 32.6. The topological polar surface area (TPSA) is 74.2 Å². The molecule has 0 spiro atoms. The van der Waals surface area contributed by atoms with Gasteiger partial charge in [-0.2, -0.15) is 0 Å². The Bertz CT molecular complexity index is 931. The van der Waals surface area contributed by atoms with Crippen molar-refractivity contribution in [2.45, 2.75) is 90.6 Å². The molecule has 2 aromatic rings. The predicted octanol–water partition coefficient (Wildman–Crippen LogP) is 5.04. The minimum absolute atomic E-state index is 0.273. The normalized spacial score (nSPS) is 18.6. The molecule has 1 amide bonds. The van der Waals surface area contributed by atoms with Crippen LogP contribution < -0.4 is 5.32 Å². The quantitative estimate of drug-likeness (QED) is 0.611. The van der Waals surface area contributed by atoms with Gasteiger partial charge in [-0.3, -0.25) is 9.69 Å². The second-order valence-electron chi connectivity index (χ2n) is 9.86. The third-order valence-electron chi connectivity index (χ3n) is 6.89. The molecule has 7 nitrogen and oxygen atoms in total. The summed E-state index contributed by atoms with van der Waals surface area (Å²) in [5, 5.41) is 4.19. The first kappa shape index (κ1) is 24.1. The average Bonchev–Trinajstić information content (AvgIpc) is 3.19. The van der Waals surface area contributed by atoms with Crippen molar-refractivity contribution in [1.82, 2.24) is 24.8 Å². The van der Waals surface area contributed by atoms with Gasteiger partial charge in [-0.1, -0.05) is 19.3 Å². The fourth-order valence-electron chi connectivity index (χ4n) is 5.32. The molecule has 1 saturated carbocycles. The number of aromatic nitrogens is 3. The van der Waals surface area contributed by atoms with Crippen LogP contribution in [-0.4, -0.2) is 62.4 Å². The van der Waals surface area contributed by atoms with Crippen molar-refractivity contribution in [2.75, 3.05) is 25.0 Å². The first-order valence-corrected chi connectivity index (χ1v) is 13.3. The summed E-state index contributed by atoms with van der Waals surface area (Å²) < 4.78 is 0. The van der Waals surface area contributed by atoms with E-state index in [1.165, 1.54) is 24.1 Å². The lowest BCUT2D eigenvalue weighted by atomic mass is 9.92. The molecule has 33 heavy (non-hydrogen) atoms. The van der Waals surface area contributed by atoms with Gasteiger partial charge >= 0.3 is 0 Å². The molecule has 4 rings (SSSR count). The average molecular weight is 471 g/mol. The van der Waals surface area contributed by atoms with Crippen LogP contribution in [0.2, 0.25) is 0 Å². The van der Waals surface area contributed by atoms with Gasteiger partial charge in [0.05, 0.1) is 6.54 Å². The van der Waals surface area contributed by atoms with E-state index in [1.807, 2.05) is 20.0 Å². The molecular weight excluding hydrogens is 432 g/mol. The second-order valence-corrected chi connectivity index (χ2v) is 11.1. The van der Waals surface area contributed by atoms with Crippen LogP contribution in [0.4, 0.5) is 10.9 Å². The Morgan fingerprint density at radius 3 is 2.52 bits per heavy atom. The number of anilines is 2. The molecule has 1 aliphatic heterocycles. The van der Waals surface area contributed by atoms with Gasteiger partial charge in [0, 0.05) is 40.8 Å². The number of piperidine rings is 1. The van der Waals surface area contributed by atoms with Crippen molar-refractivity contribution in [3.05, 3.63) is 28.7 Å². The minimum atomic E-state index is 0.273. The summed E-state index contributed by atoms with van der Waals surface area (Å²) in [6, 6.07) is 2.77. The number of nitrogens with zero attached hydrogens (tertiary/aromatic N) is 5. The largest absolute Gasteiger partial charge is 0.336 e. The van der Waals surface area contributed by atoms with Gasteiger partial charge in [0.1, 0.15) is 11.6 Å². The predicted molar refractivity (Wildman–Crippen MR) is 134 cm³/mol. The summed E-state index contributed by atoms with van der Waals surface area (Å²) in [7, 11) is 0. The number of carbonyl (C=O) groups excluding carboxylic acids is 1. The highest BCUT2D eigenvalue weighted by Crippen LogP contribution is 2.30. The van der Waals surface area contributed by atoms with E-state index in [0.717, 1.165) is 61.2 Å². The molecule has 1 N–H and O–H groups in total. The Balaban J connectivity index is 1.34. The number of carbonyl (C=O) groups is 1. The molecule has 2 fully saturated rings. The smallest absolute Gasteiger partial charge is 0.237 e. The molecule has 2 aromatic heterocycles. The Morgan fingerprint density at radius 1 is 1.15 bits per heavy atom. The first-order chi connectivity index (χ1) is 15.9. The first-order valence-electron chi connectivity index (χ1n) is 12.5. The van der Waals surface area contributed by atoms with Gasteiger partial charge in [0.25, 0.3) is 0 Å². The molecule has 180 valence electrons. The molecule has 0 unspecified atom stereocenters. The van der Waals surface area contributed by atoms with E-state index in [2.05, 4.69) is 45.0 Å². The van der Waals surface area contributed by atoms with Gasteiger partial charge in [-0.05, 0) is 66.5 Å². The third kappa shape index (κ3) is 6.29.